The molecule has 0 saturated heterocycles. The Kier molecular flexibility index (Phi) is 3.45. The van der Waals surface area contributed by atoms with Gasteiger partial charge in [0.1, 0.15) is 12.1 Å². The largest absolute Gasteiger partial charge is 0.309 e. The van der Waals surface area contributed by atoms with Crippen molar-refractivity contribution in [1.82, 2.24) is 19.9 Å². The van der Waals surface area contributed by atoms with Crippen LogP contribution in [0.25, 0.3) is 5.82 Å². The van der Waals surface area contributed by atoms with Crippen molar-refractivity contribution in [2.75, 3.05) is 0 Å². The van der Waals surface area contributed by atoms with Gasteiger partial charge in [-0.1, -0.05) is 30.3 Å². The number of nitrogens with zero attached hydrogens (tertiary/aromatic N) is 3. The Morgan fingerprint density at radius 1 is 1.05 bits per heavy atom. The minimum atomic E-state index is 0.508. The standard InChI is InChI=1S/C18H18N4/c1-2-5-15-11-17(10-14(15)4-1)21-12-16-6-3-7-20-18(16)22-9-8-19-13-22/h1-9,13,17,21H,10-12H2. The summed E-state index contributed by atoms with van der Waals surface area (Å²) in [6.07, 6.45) is 9.53. The Balaban J connectivity index is 1.47. The molecule has 0 radical (unpaired) electrons. The molecule has 0 spiro atoms. The smallest absolute Gasteiger partial charge is 0.142 e. The second-order valence-corrected chi connectivity index (χ2v) is 5.71. The Morgan fingerprint density at radius 2 is 1.86 bits per heavy atom. The molecule has 22 heavy (non-hydrogen) atoms. The van der Waals surface area contributed by atoms with Gasteiger partial charge in [-0.2, -0.15) is 0 Å². The summed E-state index contributed by atoms with van der Waals surface area (Å²) in [5.41, 5.74) is 4.14. The molecule has 0 unspecified atom stereocenters. The van der Waals surface area contributed by atoms with E-state index < -0.39 is 0 Å². The quantitative estimate of drug-likeness (QED) is 0.803. The molecule has 1 aromatic carbocycles. The summed E-state index contributed by atoms with van der Waals surface area (Å²) in [4.78, 5) is 8.60. The fourth-order valence-electron chi connectivity index (χ4n) is 3.14. The predicted molar refractivity (Wildman–Crippen MR) is 85.8 cm³/mol. The summed E-state index contributed by atoms with van der Waals surface area (Å²) in [5.74, 6) is 0.947. The first-order valence-electron chi connectivity index (χ1n) is 7.62. The fraction of sp³-hybridized carbons (Fsp3) is 0.222. The first-order valence-corrected chi connectivity index (χ1v) is 7.62. The van der Waals surface area contributed by atoms with Crippen LogP contribution in [0.5, 0.6) is 0 Å². The van der Waals surface area contributed by atoms with Gasteiger partial charge in [-0.3, -0.25) is 4.57 Å². The van der Waals surface area contributed by atoms with Gasteiger partial charge < -0.3 is 5.32 Å². The van der Waals surface area contributed by atoms with Crippen LogP contribution in [0.15, 0.2) is 61.3 Å². The number of hydrogen-bond acceptors (Lipinski definition) is 3. The zero-order valence-electron chi connectivity index (χ0n) is 12.3. The molecule has 4 nitrogen and oxygen atoms in total. The maximum atomic E-state index is 4.49. The number of fused-ring (bicyclic) bond motifs is 1. The molecule has 0 amide bonds. The van der Waals surface area contributed by atoms with E-state index in [1.165, 1.54) is 16.7 Å². The van der Waals surface area contributed by atoms with Gasteiger partial charge in [-0.05, 0) is 30.0 Å². The van der Waals surface area contributed by atoms with E-state index in [-0.39, 0.29) is 0 Å². The zero-order valence-corrected chi connectivity index (χ0v) is 12.3. The average molecular weight is 290 g/mol. The van der Waals surface area contributed by atoms with Gasteiger partial charge in [0.2, 0.25) is 0 Å². The summed E-state index contributed by atoms with van der Waals surface area (Å²) < 4.78 is 1.96. The topological polar surface area (TPSA) is 42.7 Å². The van der Waals surface area contributed by atoms with Crippen molar-refractivity contribution < 1.29 is 0 Å². The van der Waals surface area contributed by atoms with Gasteiger partial charge in [0, 0.05) is 36.7 Å². The molecule has 0 bridgehead atoms. The molecular formula is C18H18N4. The maximum Gasteiger partial charge on any atom is 0.142 e. The molecule has 4 rings (SSSR count). The first kappa shape index (κ1) is 13.2. The summed E-state index contributed by atoms with van der Waals surface area (Å²) in [7, 11) is 0. The van der Waals surface area contributed by atoms with Crippen LogP contribution in [0, 0.1) is 0 Å². The molecule has 110 valence electrons. The van der Waals surface area contributed by atoms with Crippen molar-refractivity contribution in [3.8, 4) is 5.82 Å². The molecule has 3 aromatic rings. The van der Waals surface area contributed by atoms with Crippen molar-refractivity contribution in [2.45, 2.75) is 25.4 Å². The van der Waals surface area contributed by atoms with E-state index in [0.717, 1.165) is 25.2 Å². The third-order valence-corrected chi connectivity index (χ3v) is 4.25. The highest BCUT2D eigenvalue weighted by Crippen LogP contribution is 2.22. The molecule has 0 fully saturated rings. The number of pyridine rings is 1. The van der Waals surface area contributed by atoms with Crippen LogP contribution in [0.1, 0.15) is 16.7 Å². The number of rotatable bonds is 4. The molecule has 4 heteroatoms. The summed E-state index contributed by atoms with van der Waals surface area (Å²) in [5, 5.41) is 3.67. The Morgan fingerprint density at radius 3 is 2.59 bits per heavy atom. The molecule has 1 aliphatic carbocycles. The Labute approximate surface area is 129 Å². The van der Waals surface area contributed by atoms with E-state index in [9.17, 15) is 0 Å². The van der Waals surface area contributed by atoms with Crippen LogP contribution < -0.4 is 5.32 Å². The van der Waals surface area contributed by atoms with E-state index in [0.29, 0.717) is 6.04 Å². The van der Waals surface area contributed by atoms with Gasteiger partial charge in [0.25, 0.3) is 0 Å². The molecule has 2 aromatic heterocycles. The lowest BCUT2D eigenvalue weighted by Gasteiger charge is -2.14. The lowest BCUT2D eigenvalue weighted by molar-refractivity contribution is 0.531. The minimum absolute atomic E-state index is 0.508. The van der Waals surface area contributed by atoms with Crippen LogP contribution in [0.3, 0.4) is 0 Å². The highest BCUT2D eigenvalue weighted by atomic mass is 15.1. The fourth-order valence-corrected chi connectivity index (χ4v) is 3.14. The minimum Gasteiger partial charge on any atom is -0.309 e. The second-order valence-electron chi connectivity index (χ2n) is 5.71. The zero-order chi connectivity index (χ0) is 14.8. The van der Waals surface area contributed by atoms with Crippen LogP contribution in [-0.2, 0) is 19.4 Å². The van der Waals surface area contributed by atoms with Gasteiger partial charge in [-0.25, -0.2) is 9.97 Å². The summed E-state index contributed by atoms with van der Waals surface area (Å²) in [6.45, 7) is 0.819. The van der Waals surface area contributed by atoms with Crippen molar-refractivity contribution in [3.05, 3.63) is 78.0 Å². The molecule has 0 saturated carbocycles. The predicted octanol–water partition coefficient (Wildman–Crippen LogP) is 2.52. The third kappa shape index (κ3) is 2.53. The Hall–Kier alpha value is -2.46. The number of hydrogen-bond donors (Lipinski definition) is 1. The van der Waals surface area contributed by atoms with Crippen molar-refractivity contribution in [1.29, 1.82) is 0 Å². The highest BCUT2D eigenvalue weighted by molar-refractivity contribution is 5.35. The van der Waals surface area contributed by atoms with Crippen LogP contribution in [0.4, 0.5) is 0 Å². The normalized spacial score (nSPS) is 14.2. The molecule has 0 atom stereocenters. The van der Waals surface area contributed by atoms with E-state index in [2.05, 4.69) is 45.6 Å². The number of aromatic nitrogens is 3. The van der Waals surface area contributed by atoms with Crippen molar-refractivity contribution in [2.24, 2.45) is 0 Å². The molecular weight excluding hydrogens is 272 g/mol. The third-order valence-electron chi connectivity index (χ3n) is 4.25. The van der Waals surface area contributed by atoms with E-state index in [4.69, 9.17) is 0 Å². The Bertz CT molecular complexity index is 739. The second kappa shape index (κ2) is 5.73. The number of benzene rings is 1. The first-order chi connectivity index (χ1) is 10.9. The molecule has 2 heterocycles. The number of nitrogens with one attached hydrogen (secondary N) is 1. The lowest BCUT2D eigenvalue weighted by Crippen LogP contribution is -2.29. The average Bonchev–Trinajstić information content (AvgIpc) is 3.22. The molecule has 1 aliphatic rings. The highest BCUT2D eigenvalue weighted by Gasteiger charge is 2.20. The van der Waals surface area contributed by atoms with E-state index in [1.807, 2.05) is 23.0 Å². The molecule has 0 aliphatic heterocycles. The monoisotopic (exact) mass is 290 g/mol. The van der Waals surface area contributed by atoms with Crippen molar-refractivity contribution in [3.63, 3.8) is 0 Å². The van der Waals surface area contributed by atoms with Gasteiger partial charge in [0.15, 0.2) is 0 Å². The summed E-state index contributed by atoms with van der Waals surface area (Å²) >= 11 is 0. The van der Waals surface area contributed by atoms with Crippen molar-refractivity contribution >= 4 is 0 Å². The number of imidazole rings is 1. The van der Waals surface area contributed by atoms with E-state index >= 15 is 0 Å². The maximum absolute atomic E-state index is 4.49. The SMILES string of the molecule is c1ccc2c(c1)CC(NCc1cccnc1-n1ccnc1)C2. The summed E-state index contributed by atoms with van der Waals surface area (Å²) in [6, 6.07) is 13.3. The molecule has 1 N–H and O–H groups in total. The van der Waals surface area contributed by atoms with E-state index in [1.54, 1.807) is 12.5 Å². The van der Waals surface area contributed by atoms with Gasteiger partial charge >= 0.3 is 0 Å². The van der Waals surface area contributed by atoms with Gasteiger partial charge in [0.05, 0.1) is 0 Å². The van der Waals surface area contributed by atoms with Crippen LogP contribution in [-0.4, -0.2) is 20.6 Å². The van der Waals surface area contributed by atoms with Crippen LogP contribution >= 0.6 is 0 Å². The van der Waals surface area contributed by atoms with Gasteiger partial charge in [-0.15, -0.1) is 0 Å². The lowest BCUT2D eigenvalue weighted by atomic mass is 10.1. The van der Waals surface area contributed by atoms with Crippen LogP contribution in [0.2, 0.25) is 0 Å².